The molecule has 0 N–H and O–H groups in total. The highest BCUT2D eigenvalue weighted by atomic mass is 16.7. The highest BCUT2D eigenvalue weighted by molar-refractivity contribution is 6.62. The summed E-state index contributed by atoms with van der Waals surface area (Å²) >= 11 is 0. The van der Waals surface area contributed by atoms with E-state index in [1.54, 1.807) is 6.20 Å². The molecule has 0 atom stereocenters. The minimum atomic E-state index is -0.356. The Hall–Kier alpha value is -2.51. The lowest BCUT2D eigenvalue weighted by atomic mass is 9.79. The molecular formula is C20H23BN4O2. The van der Waals surface area contributed by atoms with Crippen molar-refractivity contribution in [2.45, 2.75) is 45.4 Å². The molecule has 1 aliphatic rings. The van der Waals surface area contributed by atoms with E-state index in [1.807, 2.05) is 53.5 Å². The molecule has 0 bridgehead atoms. The van der Waals surface area contributed by atoms with E-state index in [9.17, 15) is 0 Å². The maximum absolute atomic E-state index is 6.11. The van der Waals surface area contributed by atoms with Crippen LogP contribution in [0.5, 0.6) is 0 Å². The van der Waals surface area contributed by atoms with Gasteiger partial charge < -0.3 is 9.31 Å². The predicted molar refractivity (Wildman–Crippen MR) is 105 cm³/mol. The molecule has 138 valence electrons. The Kier molecular flexibility index (Phi) is 4.36. The zero-order valence-corrected chi connectivity index (χ0v) is 16.1. The van der Waals surface area contributed by atoms with Gasteiger partial charge in [-0.2, -0.15) is 0 Å². The second kappa shape index (κ2) is 6.58. The van der Waals surface area contributed by atoms with Gasteiger partial charge in [0.05, 0.1) is 23.9 Å². The molecule has 0 aliphatic carbocycles. The molecule has 6 nitrogen and oxygen atoms in total. The molecular weight excluding hydrogens is 339 g/mol. The zero-order valence-electron chi connectivity index (χ0n) is 16.1. The van der Waals surface area contributed by atoms with E-state index in [4.69, 9.17) is 9.31 Å². The Morgan fingerprint density at radius 2 is 1.70 bits per heavy atom. The number of nitrogens with zero attached hydrogens (tertiary/aromatic N) is 4. The molecule has 1 fully saturated rings. The molecule has 0 radical (unpaired) electrons. The molecule has 4 rings (SSSR count). The van der Waals surface area contributed by atoms with Crippen LogP contribution in [0.3, 0.4) is 0 Å². The van der Waals surface area contributed by atoms with E-state index in [0.29, 0.717) is 6.54 Å². The zero-order chi connectivity index (χ0) is 19.1. The maximum Gasteiger partial charge on any atom is 0.494 e. The Labute approximate surface area is 159 Å². The third-order valence-electron chi connectivity index (χ3n) is 5.34. The molecule has 0 unspecified atom stereocenters. The molecule has 1 aromatic carbocycles. The van der Waals surface area contributed by atoms with Crippen LogP contribution >= 0.6 is 0 Å². The lowest BCUT2D eigenvalue weighted by Crippen LogP contribution is -2.41. The summed E-state index contributed by atoms with van der Waals surface area (Å²) in [6.07, 6.45) is 5.54. The van der Waals surface area contributed by atoms with Gasteiger partial charge in [0.1, 0.15) is 5.69 Å². The van der Waals surface area contributed by atoms with Crippen LogP contribution in [0.15, 0.2) is 55.0 Å². The van der Waals surface area contributed by atoms with Crippen molar-refractivity contribution in [3.63, 3.8) is 0 Å². The van der Waals surface area contributed by atoms with Gasteiger partial charge in [0.2, 0.25) is 0 Å². The number of rotatable bonds is 4. The summed E-state index contributed by atoms with van der Waals surface area (Å²) in [6, 6.07) is 12.0. The second-order valence-electron chi connectivity index (χ2n) is 7.87. The van der Waals surface area contributed by atoms with Crippen LogP contribution in [0.2, 0.25) is 0 Å². The van der Waals surface area contributed by atoms with E-state index < -0.39 is 0 Å². The van der Waals surface area contributed by atoms with Gasteiger partial charge in [-0.1, -0.05) is 35.5 Å². The minimum Gasteiger partial charge on any atom is -0.399 e. The summed E-state index contributed by atoms with van der Waals surface area (Å²) in [5.41, 5.74) is 3.24. The maximum atomic E-state index is 6.11. The summed E-state index contributed by atoms with van der Waals surface area (Å²) < 4.78 is 14.0. The summed E-state index contributed by atoms with van der Waals surface area (Å²) in [4.78, 5) is 4.13. The first kappa shape index (κ1) is 17.9. The van der Waals surface area contributed by atoms with E-state index in [-0.39, 0.29) is 18.3 Å². The van der Waals surface area contributed by atoms with Crippen LogP contribution in [0.4, 0.5) is 0 Å². The van der Waals surface area contributed by atoms with E-state index >= 15 is 0 Å². The number of aromatic nitrogens is 4. The molecule has 0 saturated carbocycles. The van der Waals surface area contributed by atoms with E-state index in [2.05, 4.69) is 43.0 Å². The number of pyridine rings is 1. The van der Waals surface area contributed by atoms with Crippen molar-refractivity contribution in [3.05, 3.63) is 60.6 Å². The Balaban J connectivity index is 1.49. The Morgan fingerprint density at radius 1 is 1.00 bits per heavy atom. The van der Waals surface area contributed by atoms with Gasteiger partial charge in [-0.3, -0.25) is 4.98 Å². The van der Waals surface area contributed by atoms with Crippen LogP contribution in [-0.2, 0) is 15.9 Å². The first-order chi connectivity index (χ1) is 12.8. The number of benzene rings is 1. The highest BCUT2D eigenvalue weighted by Crippen LogP contribution is 2.36. The molecule has 7 heteroatoms. The van der Waals surface area contributed by atoms with Crippen molar-refractivity contribution in [1.82, 2.24) is 20.0 Å². The quantitative estimate of drug-likeness (QED) is 0.668. The normalized spacial score (nSPS) is 18.0. The molecule has 2 aromatic heterocycles. The fourth-order valence-corrected chi connectivity index (χ4v) is 2.98. The number of hydrogen-bond acceptors (Lipinski definition) is 5. The van der Waals surface area contributed by atoms with Crippen molar-refractivity contribution < 1.29 is 9.31 Å². The molecule has 1 aliphatic heterocycles. The fourth-order valence-electron chi connectivity index (χ4n) is 2.98. The van der Waals surface area contributed by atoms with Crippen LogP contribution < -0.4 is 5.46 Å². The molecule has 0 spiro atoms. The minimum absolute atomic E-state index is 0.342. The van der Waals surface area contributed by atoms with Gasteiger partial charge >= 0.3 is 7.12 Å². The van der Waals surface area contributed by atoms with E-state index in [1.165, 1.54) is 0 Å². The van der Waals surface area contributed by atoms with Gasteiger partial charge in [0, 0.05) is 18.0 Å². The van der Waals surface area contributed by atoms with Gasteiger partial charge in [0.25, 0.3) is 0 Å². The van der Waals surface area contributed by atoms with Gasteiger partial charge in [-0.15, -0.1) is 5.10 Å². The van der Waals surface area contributed by atoms with Crippen molar-refractivity contribution in [3.8, 4) is 11.3 Å². The summed E-state index contributed by atoms with van der Waals surface area (Å²) in [5, 5.41) is 8.50. The summed E-state index contributed by atoms with van der Waals surface area (Å²) in [7, 11) is -0.356. The van der Waals surface area contributed by atoms with Crippen molar-refractivity contribution >= 4 is 12.6 Å². The molecule has 1 saturated heterocycles. The van der Waals surface area contributed by atoms with Crippen LogP contribution in [0.25, 0.3) is 11.3 Å². The Bertz CT molecular complexity index is 907. The van der Waals surface area contributed by atoms with Gasteiger partial charge in [-0.05, 0) is 44.8 Å². The first-order valence-corrected chi connectivity index (χ1v) is 9.09. The lowest BCUT2D eigenvalue weighted by Gasteiger charge is -2.32. The fraction of sp³-hybridized carbons (Fsp3) is 0.350. The third-order valence-corrected chi connectivity index (χ3v) is 5.34. The van der Waals surface area contributed by atoms with Crippen molar-refractivity contribution in [1.29, 1.82) is 0 Å². The Morgan fingerprint density at radius 3 is 2.33 bits per heavy atom. The topological polar surface area (TPSA) is 62.1 Å². The van der Waals surface area contributed by atoms with Crippen LogP contribution in [0.1, 0.15) is 33.3 Å². The highest BCUT2D eigenvalue weighted by Gasteiger charge is 2.51. The van der Waals surface area contributed by atoms with Crippen molar-refractivity contribution in [2.24, 2.45) is 0 Å². The van der Waals surface area contributed by atoms with Gasteiger partial charge in [-0.25, -0.2) is 4.68 Å². The first-order valence-electron chi connectivity index (χ1n) is 9.09. The average Bonchev–Trinajstić information content (AvgIpc) is 3.18. The summed E-state index contributed by atoms with van der Waals surface area (Å²) in [6.45, 7) is 8.88. The van der Waals surface area contributed by atoms with Crippen LogP contribution in [-0.4, -0.2) is 38.3 Å². The lowest BCUT2D eigenvalue weighted by molar-refractivity contribution is 0.00578. The average molecular weight is 362 g/mol. The smallest absolute Gasteiger partial charge is 0.399 e. The van der Waals surface area contributed by atoms with Crippen LogP contribution in [0, 0.1) is 0 Å². The standard InChI is InChI=1S/C20H23BN4O2/c1-19(2)20(3,4)27-21(26-19)17-9-7-16(8-10-17)18-14-25(24-23-18)13-15-6-5-11-22-12-15/h5-12,14H,13H2,1-4H3. The molecule has 3 heterocycles. The largest absolute Gasteiger partial charge is 0.494 e. The van der Waals surface area contributed by atoms with E-state index in [0.717, 1.165) is 22.3 Å². The molecule has 3 aromatic rings. The second-order valence-corrected chi connectivity index (χ2v) is 7.87. The summed E-state index contributed by atoms with van der Waals surface area (Å²) in [5.74, 6) is 0. The SMILES string of the molecule is CC1(C)OB(c2ccc(-c3cn(Cc4cccnc4)nn3)cc2)OC1(C)C. The monoisotopic (exact) mass is 362 g/mol. The van der Waals surface area contributed by atoms with Crippen molar-refractivity contribution in [2.75, 3.05) is 0 Å². The van der Waals surface area contributed by atoms with Gasteiger partial charge in [0.15, 0.2) is 0 Å². The molecule has 0 amide bonds. The molecule has 27 heavy (non-hydrogen) atoms. The third kappa shape index (κ3) is 3.52. The predicted octanol–water partition coefficient (Wildman–Crippen LogP) is 2.69. The number of hydrogen-bond donors (Lipinski definition) is 0.